The molecule has 0 bridgehead atoms. The summed E-state index contributed by atoms with van der Waals surface area (Å²) in [4.78, 5) is 25.7. The average Bonchev–Trinajstić information content (AvgIpc) is 3.34. The van der Waals surface area contributed by atoms with Crippen LogP contribution in [0, 0.1) is 22.7 Å². The minimum atomic E-state index is -0.838. The number of aromatic amines is 1. The topological polar surface area (TPSA) is 214 Å². The average molecular weight is 539 g/mol. The van der Waals surface area contributed by atoms with Crippen molar-refractivity contribution in [1.82, 2.24) is 4.98 Å². The molecule has 1 aromatic heterocycles. The highest BCUT2D eigenvalue weighted by Gasteiger charge is 2.18. The summed E-state index contributed by atoms with van der Waals surface area (Å²) in [6.45, 7) is 6.10. The van der Waals surface area contributed by atoms with E-state index in [1.807, 2.05) is 51.1 Å². The standard InChI is InChI=1S/C13H13N3O3.C11H12N2O2.C2H7N.C2H6/c14-3-4-19-13(18)11(15)5-8-7-16-12-2-1-9(17)6-10(8)12;12-6-7-15-11(14)10(13)8-9-4-2-1-3-5-9;1-2-3;1-2/h1-2,6-7,11,16-17H,4-5,15H2;1-5,10H,7-8,13H2;2-3H2,1H3;1-2H3. The Hall–Kier alpha value is -4.42. The Bertz CT molecular complexity index is 1200. The first-order valence-corrected chi connectivity index (χ1v) is 12.4. The molecule has 0 aliphatic rings. The van der Waals surface area contributed by atoms with E-state index in [1.165, 1.54) is 0 Å². The van der Waals surface area contributed by atoms with Crippen molar-refractivity contribution in [2.45, 2.75) is 45.7 Å². The van der Waals surface area contributed by atoms with Gasteiger partial charge in [-0.1, -0.05) is 51.1 Å². The summed E-state index contributed by atoms with van der Waals surface area (Å²) in [7, 11) is 0. The molecule has 0 aliphatic carbocycles. The molecule has 210 valence electrons. The van der Waals surface area contributed by atoms with E-state index in [-0.39, 0.29) is 25.4 Å². The maximum Gasteiger partial charge on any atom is 0.324 e. The number of phenolic OH excluding ortho intramolecular Hbond substituents is 1. The molecule has 11 heteroatoms. The van der Waals surface area contributed by atoms with Crippen molar-refractivity contribution in [1.29, 1.82) is 10.5 Å². The smallest absolute Gasteiger partial charge is 0.324 e. The number of phenols is 1. The molecular formula is C28H38N6O5. The number of nitrogens with one attached hydrogen (secondary N) is 1. The van der Waals surface area contributed by atoms with Gasteiger partial charge in [0.2, 0.25) is 0 Å². The van der Waals surface area contributed by atoms with Crippen molar-refractivity contribution in [3.63, 3.8) is 0 Å². The molecule has 0 amide bonds. The Morgan fingerprint density at radius 2 is 1.46 bits per heavy atom. The van der Waals surface area contributed by atoms with Gasteiger partial charge in [-0.2, -0.15) is 10.5 Å². The quantitative estimate of drug-likeness (QED) is 0.264. The molecule has 2 unspecified atom stereocenters. The van der Waals surface area contributed by atoms with Crippen molar-refractivity contribution >= 4 is 22.8 Å². The zero-order chi connectivity index (χ0) is 29.6. The normalized spacial score (nSPS) is 10.9. The van der Waals surface area contributed by atoms with Gasteiger partial charge in [0.1, 0.15) is 30.0 Å². The fourth-order valence-corrected chi connectivity index (χ4v) is 3.03. The lowest BCUT2D eigenvalue weighted by Crippen LogP contribution is -2.34. The van der Waals surface area contributed by atoms with Gasteiger partial charge in [-0.15, -0.1) is 0 Å². The number of nitriles is 2. The molecule has 8 N–H and O–H groups in total. The van der Waals surface area contributed by atoms with Gasteiger partial charge >= 0.3 is 11.9 Å². The van der Waals surface area contributed by atoms with Crippen LogP contribution in [0.1, 0.15) is 31.9 Å². The molecule has 2 aromatic carbocycles. The largest absolute Gasteiger partial charge is 0.508 e. The first-order valence-electron chi connectivity index (χ1n) is 12.4. The molecule has 0 aliphatic heterocycles. The number of H-pyrrole nitrogens is 1. The number of ether oxygens (including phenoxy) is 2. The van der Waals surface area contributed by atoms with Crippen LogP contribution in [-0.2, 0) is 31.9 Å². The van der Waals surface area contributed by atoms with Crippen LogP contribution in [0.2, 0.25) is 0 Å². The summed E-state index contributed by atoms with van der Waals surface area (Å²) in [6, 6.07) is 16.2. The van der Waals surface area contributed by atoms with Gasteiger partial charge in [0.25, 0.3) is 0 Å². The van der Waals surface area contributed by atoms with Crippen LogP contribution in [0.3, 0.4) is 0 Å². The lowest BCUT2D eigenvalue weighted by atomic mass is 10.1. The second kappa shape index (κ2) is 20.6. The number of esters is 2. The Kier molecular flexibility index (Phi) is 18.3. The third kappa shape index (κ3) is 13.6. The number of hydrogen-bond acceptors (Lipinski definition) is 10. The van der Waals surface area contributed by atoms with E-state index in [0.717, 1.165) is 28.6 Å². The Labute approximate surface area is 229 Å². The summed E-state index contributed by atoms with van der Waals surface area (Å²) in [5.41, 5.74) is 18.8. The van der Waals surface area contributed by atoms with E-state index in [2.05, 4.69) is 14.5 Å². The molecule has 0 spiro atoms. The van der Waals surface area contributed by atoms with Crippen molar-refractivity contribution in [2.75, 3.05) is 19.8 Å². The van der Waals surface area contributed by atoms with Crippen LogP contribution < -0.4 is 17.2 Å². The number of carbonyl (C=O) groups is 2. The predicted octanol–water partition coefficient (Wildman–Crippen LogP) is 2.42. The van der Waals surface area contributed by atoms with Gasteiger partial charge in [0.05, 0.1) is 0 Å². The van der Waals surface area contributed by atoms with Crippen molar-refractivity contribution in [3.05, 3.63) is 65.9 Å². The maximum absolute atomic E-state index is 11.5. The molecule has 2 atom stereocenters. The van der Waals surface area contributed by atoms with Crippen molar-refractivity contribution in [3.8, 4) is 17.9 Å². The molecule has 0 saturated carbocycles. The summed E-state index contributed by atoms with van der Waals surface area (Å²) < 4.78 is 9.25. The predicted molar refractivity (Wildman–Crippen MR) is 149 cm³/mol. The van der Waals surface area contributed by atoms with Crippen LogP contribution in [0.15, 0.2) is 54.7 Å². The Morgan fingerprint density at radius 3 is 1.97 bits per heavy atom. The van der Waals surface area contributed by atoms with Gasteiger partial charge in [0, 0.05) is 23.5 Å². The van der Waals surface area contributed by atoms with E-state index >= 15 is 0 Å². The van der Waals surface area contributed by atoms with Crippen molar-refractivity contribution in [2.24, 2.45) is 17.2 Å². The number of aromatic nitrogens is 1. The number of aromatic hydroxyl groups is 1. The first kappa shape index (κ1) is 34.6. The SMILES string of the molecule is CC.CCN.N#CCOC(=O)C(N)Cc1c[nH]c2ccc(O)cc12.N#CCOC(=O)C(N)Cc1ccccc1. The number of rotatable bonds is 8. The number of fused-ring (bicyclic) bond motifs is 1. The van der Waals surface area contributed by atoms with Crippen LogP contribution in [-0.4, -0.2) is 53.9 Å². The molecule has 3 aromatic rings. The third-order valence-corrected chi connectivity index (χ3v) is 4.65. The number of carbonyl (C=O) groups excluding carboxylic acids is 2. The fourth-order valence-electron chi connectivity index (χ4n) is 3.03. The second-order valence-electron chi connectivity index (χ2n) is 7.59. The first-order chi connectivity index (χ1) is 18.8. The Balaban J connectivity index is 0.000000649. The molecule has 39 heavy (non-hydrogen) atoms. The van der Waals surface area contributed by atoms with E-state index in [9.17, 15) is 14.7 Å². The van der Waals surface area contributed by atoms with Gasteiger partial charge in [-0.05, 0) is 42.3 Å². The van der Waals surface area contributed by atoms with E-state index < -0.39 is 24.0 Å². The van der Waals surface area contributed by atoms with Crippen LogP contribution in [0.4, 0.5) is 0 Å². The maximum atomic E-state index is 11.5. The zero-order valence-electron chi connectivity index (χ0n) is 22.6. The van der Waals surface area contributed by atoms with Gasteiger partial charge in [-0.25, -0.2) is 0 Å². The number of benzene rings is 2. The molecule has 0 radical (unpaired) electrons. The highest BCUT2D eigenvalue weighted by atomic mass is 16.5. The minimum Gasteiger partial charge on any atom is -0.508 e. The summed E-state index contributed by atoms with van der Waals surface area (Å²) >= 11 is 0. The number of nitrogens with two attached hydrogens (primary N) is 3. The van der Waals surface area contributed by atoms with Gasteiger partial charge < -0.3 is 36.8 Å². The zero-order valence-corrected chi connectivity index (χ0v) is 22.6. The van der Waals surface area contributed by atoms with Gasteiger partial charge in [0.15, 0.2) is 13.2 Å². The Morgan fingerprint density at radius 1 is 0.949 bits per heavy atom. The van der Waals surface area contributed by atoms with E-state index in [4.69, 9.17) is 27.7 Å². The number of hydrogen-bond donors (Lipinski definition) is 5. The van der Waals surface area contributed by atoms with Crippen molar-refractivity contribution < 1.29 is 24.2 Å². The van der Waals surface area contributed by atoms with Gasteiger partial charge in [-0.3, -0.25) is 9.59 Å². The van der Waals surface area contributed by atoms with E-state index in [1.54, 1.807) is 36.5 Å². The minimum absolute atomic E-state index is 0.147. The summed E-state index contributed by atoms with van der Waals surface area (Å²) in [6.07, 6.45) is 2.43. The molecule has 1 heterocycles. The second-order valence-corrected chi connectivity index (χ2v) is 7.59. The monoisotopic (exact) mass is 538 g/mol. The lowest BCUT2D eigenvalue weighted by Gasteiger charge is -2.09. The molecular weight excluding hydrogens is 500 g/mol. The number of nitrogens with zero attached hydrogens (tertiary/aromatic N) is 2. The summed E-state index contributed by atoms with van der Waals surface area (Å²) in [5.74, 6) is -1.01. The lowest BCUT2D eigenvalue weighted by molar-refractivity contribution is -0.144. The van der Waals surface area contributed by atoms with Crippen LogP contribution in [0.25, 0.3) is 10.9 Å². The molecule has 0 fully saturated rings. The van der Waals surface area contributed by atoms with E-state index in [0.29, 0.717) is 6.42 Å². The highest BCUT2D eigenvalue weighted by Crippen LogP contribution is 2.23. The molecule has 0 saturated heterocycles. The van der Waals surface area contributed by atoms with Crippen LogP contribution in [0.5, 0.6) is 5.75 Å². The summed E-state index contributed by atoms with van der Waals surface area (Å²) in [5, 5.41) is 26.8. The highest BCUT2D eigenvalue weighted by molar-refractivity contribution is 5.85. The molecule has 11 nitrogen and oxygen atoms in total. The third-order valence-electron chi connectivity index (χ3n) is 4.65. The van der Waals surface area contributed by atoms with Crippen LogP contribution >= 0.6 is 0 Å². The fraction of sp³-hybridized carbons (Fsp3) is 0.357. The molecule has 3 rings (SSSR count).